The Hall–Kier alpha value is -0.860. The van der Waals surface area contributed by atoms with Crippen LogP contribution in [0.3, 0.4) is 0 Å². The molecule has 0 radical (unpaired) electrons. The van der Waals surface area contributed by atoms with Gasteiger partial charge in [-0.25, -0.2) is 0 Å². The second-order valence-corrected chi connectivity index (χ2v) is 5.51. The van der Waals surface area contributed by atoms with Gasteiger partial charge in [-0.2, -0.15) is 0 Å². The van der Waals surface area contributed by atoms with Gasteiger partial charge in [0.2, 0.25) is 0 Å². The molecule has 2 heteroatoms. The molecule has 1 aromatic rings. The SMILES string of the molecule is CC(c1ccccc1)N1C2CCC(C2)C1CO. The fourth-order valence-electron chi connectivity index (χ4n) is 3.88. The molecule has 92 valence electrons. The molecule has 1 N–H and O–H groups in total. The third kappa shape index (κ3) is 1.80. The highest BCUT2D eigenvalue weighted by atomic mass is 16.3. The second kappa shape index (κ2) is 4.43. The maximum Gasteiger partial charge on any atom is 0.0589 e. The molecular formula is C15H21NO. The zero-order chi connectivity index (χ0) is 11.8. The first kappa shape index (κ1) is 11.2. The number of hydrogen-bond acceptors (Lipinski definition) is 2. The van der Waals surface area contributed by atoms with Crippen molar-refractivity contribution in [2.45, 2.75) is 44.3 Å². The molecule has 2 nitrogen and oxygen atoms in total. The normalized spacial score (nSPS) is 34.1. The van der Waals surface area contributed by atoms with Crippen LogP contribution in [0.25, 0.3) is 0 Å². The van der Waals surface area contributed by atoms with Crippen LogP contribution in [-0.4, -0.2) is 28.7 Å². The Kier molecular flexibility index (Phi) is 2.93. The van der Waals surface area contributed by atoms with E-state index >= 15 is 0 Å². The summed E-state index contributed by atoms with van der Waals surface area (Å²) in [7, 11) is 0. The number of aliphatic hydroxyl groups is 1. The molecule has 3 rings (SSSR count). The van der Waals surface area contributed by atoms with Crippen LogP contribution in [0.1, 0.15) is 37.8 Å². The van der Waals surface area contributed by atoms with Crippen molar-refractivity contribution in [2.75, 3.05) is 6.61 Å². The summed E-state index contributed by atoms with van der Waals surface area (Å²) in [5, 5.41) is 9.61. The standard InChI is InChI=1S/C15H21NO/c1-11(12-5-3-2-4-6-12)16-14-8-7-13(9-14)15(16)10-17/h2-6,11,13-15,17H,7-10H2,1H3. The quantitative estimate of drug-likeness (QED) is 0.864. The summed E-state index contributed by atoms with van der Waals surface area (Å²) < 4.78 is 0. The number of piperidine rings is 1. The van der Waals surface area contributed by atoms with E-state index in [0.717, 1.165) is 5.92 Å². The molecule has 0 aromatic heterocycles. The molecule has 1 heterocycles. The van der Waals surface area contributed by atoms with Crippen molar-refractivity contribution in [3.63, 3.8) is 0 Å². The molecule has 2 bridgehead atoms. The summed E-state index contributed by atoms with van der Waals surface area (Å²) in [6.45, 7) is 2.59. The van der Waals surface area contributed by atoms with E-state index in [1.54, 1.807) is 0 Å². The summed E-state index contributed by atoms with van der Waals surface area (Å²) >= 11 is 0. The topological polar surface area (TPSA) is 23.5 Å². The smallest absolute Gasteiger partial charge is 0.0589 e. The van der Waals surface area contributed by atoms with Crippen LogP contribution in [0.15, 0.2) is 30.3 Å². The van der Waals surface area contributed by atoms with Crippen LogP contribution in [0.5, 0.6) is 0 Å². The molecule has 1 aliphatic carbocycles. The van der Waals surface area contributed by atoms with Gasteiger partial charge < -0.3 is 5.11 Å². The van der Waals surface area contributed by atoms with E-state index in [9.17, 15) is 5.11 Å². The molecule has 1 aromatic carbocycles. The van der Waals surface area contributed by atoms with E-state index < -0.39 is 0 Å². The molecule has 0 amide bonds. The predicted octanol–water partition coefficient (Wildman–Crippen LogP) is 2.59. The highest BCUT2D eigenvalue weighted by molar-refractivity contribution is 5.20. The molecule has 0 spiro atoms. The van der Waals surface area contributed by atoms with Crippen molar-refractivity contribution in [3.05, 3.63) is 35.9 Å². The van der Waals surface area contributed by atoms with Crippen LogP contribution in [0.2, 0.25) is 0 Å². The Labute approximate surface area is 103 Å². The Bertz CT molecular complexity index is 378. The van der Waals surface area contributed by atoms with Gasteiger partial charge in [-0.15, -0.1) is 0 Å². The van der Waals surface area contributed by atoms with Crippen LogP contribution in [-0.2, 0) is 0 Å². The van der Waals surface area contributed by atoms with Gasteiger partial charge in [-0.05, 0) is 37.7 Å². The third-order valence-electron chi connectivity index (χ3n) is 4.71. The monoisotopic (exact) mass is 231 g/mol. The van der Waals surface area contributed by atoms with Crippen LogP contribution in [0.4, 0.5) is 0 Å². The molecular weight excluding hydrogens is 210 g/mol. The average Bonchev–Trinajstić information content (AvgIpc) is 2.98. The van der Waals surface area contributed by atoms with Gasteiger partial charge in [0, 0.05) is 18.1 Å². The minimum atomic E-state index is 0.318. The number of benzene rings is 1. The van der Waals surface area contributed by atoms with E-state index in [1.807, 2.05) is 0 Å². The first-order valence-electron chi connectivity index (χ1n) is 6.74. The third-order valence-corrected chi connectivity index (χ3v) is 4.71. The molecule has 1 aliphatic heterocycles. The van der Waals surface area contributed by atoms with Crippen molar-refractivity contribution in [2.24, 2.45) is 5.92 Å². The van der Waals surface area contributed by atoms with Gasteiger partial charge in [-0.3, -0.25) is 4.90 Å². The zero-order valence-electron chi connectivity index (χ0n) is 10.4. The van der Waals surface area contributed by atoms with Gasteiger partial charge in [0.1, 0.15) is 0 Å². The van der Waals surface area contributed by atoms with Gasteiger partial charge in [0.05, 0.1) is 6.61 Å². The molecule has 1 saturated carbocycles. The summed E-state index contributed by atoms with van der Waals surface area (Å²) in [6, 6.07) is 12.2. The number of aliphatic hydroxyl groups excluding tert-OH is 1. The number of likely N-dealkylation sites (tertiary alicyclic amines) is 1. The summed E-state index contributed by atoms with van der Waals surface area (Å²) in [5.74, 6) is 0.733. The van der Waals surface area contributed by atoms with Crippen molar-refractivity contribution in [1.82, 2.24) is 4.90 Å². The highest BCUT2D eigenvalue weighted by Crippen LogP contribution is 2.46. The van der Waals surface area contributed by atoms with E-state index in [-0.39, 0.29) is 0 Å². The first-order chi connectivity index (χ1) is 8.31. The Morgan fingerprint density at radius 3 is 2.76 bits per heavy atom. The fourth-order valence-corrected chi connectivity index (χ4v) is 3.88. The Balaban J connectivity index is 1.84. The highest BCUT2D eigenvalue weighted by Gasteiger charge is 2.47. The van der Waals surface area contributed by atoms with Crippen molar-refractivity contribution in [1.29, 1.82) is 0 Å². The molecule has 17 heavy (non-hydrogen) atoms. The zero-order valence-corrected chi connectivity index (χ0v) is 10.4. The molecule has 2 fully saturated rings. The Morgan fingerprint density at radius 1 is 1.29 bits per heavy atom. The van der Waals surface area contributed by atoms with E-state index in [0.29, 0.717) is 24.7 Å². The number of fused-ring (bicyclic) bond motifs is 2. The molecule has 4 atom stereocenters. The number of rotatable bonds is 3. The summed E-state index contributed by atoms with van der Waals surface area (Å²) in [6.07, 6.45) is 3.93. The second-order valence-electron chi connectivity index (χ2n) is 5.51. The Morgan fingerprint density at radius 2 is 2.06 bits per heavy atom. The number of nitrogens with zero attached hydrogens (tertiary/aromatic N) is 1. The fraction of sp³-hybridized carbons (Fsp3) is 0.600. The van der Waals surface area contributed by atoms with Crippen molar-refractivity contribution in [3.8, 4) is 0 Å². The maximum absolute atomic E-state index is 9.61. The lowest BCUT2D eigenvalue weighted by Gasteiger charge is -2.39. The van der Waals surface area contributed by atoms with Gasteiger partial charge in [0.25, 0.3) is 0 Å². The summed E-state index contributed by atoms with van der Waals surface area (Å²) in [5.41, 5.74) is 1.37. The average molecular weight is 231 g/mol. The lowest BCUT2D eigenvalue weighted by atomic mass is 9.96. The van der Waals surface area contributed by atoms with Crippen LogP contribution in [0, 0.1) is 5.92 Å². The minimum absolute atomic E-state index is 0.318. The van der Waals surface area contributed by atoms with Crippen LogP contribution < -0.4 is 0 Å². The van der Waals surface area contributed by atoms with Gasteiger partial charge in [-0.1, -0.05) is 30.3 Å². The van der Waals surface area contributed by atoms with E-state index in [2.05, 4.69) is 42.2 Å². The van der Waals surface area contributed by atoms with Crippen molar-refractivity contribution < 1.29 is 5.11 Å². The maximum atomic E-state index is 9.61. The first-order valence-corrected chi connectivity index (χ1v) is 6.74. The molecule has 4 unspecified atom stereocenters. The summed E-state index contributed by atoms with van der Waals surface area (Å²) in [4.78, 5) is 2.56. The molecule has 2 aliphatic rings. The van der Waals surface area contributed by atoms with Crippen LogP contribution >= 0.6 is 0 Å². The van der Waals surface area contributed by atoms with Crippen molar-refractivity contribution >= 4 is 0 Å². The lowest BCUT2D eigenvalue weighted by molar-refractivity contribution is 0.0525. The van der Waals surface area contributed by atoms with Gasteiger partial charge >= 0.3 is 0 Å². The van der Waals surface area contributed by atoms with E-state index in [4.69, 9.17) is 0 Å². The number of hydrogen-bond donors (Lipinski definition) is 1. The largest absolute Gasteiger partial charge is 0.395 e. The molecule has 1 saturated heterocycles. The minimum Gasteiger partial charge on any atom is -0.395 e. The van der Waals surface area contributed by atoms with E-state index in [1.165, 1.54) is 24.8 Å². The lowest BCUT2D eigenvalue weighted by Crippen LogP contribution is -2.44. The predicted molar refractivity (Wildman–Crippen MR) is 68.7 cm³/mol. The van der Waals surface area contributed by atoms with Gasteiger partial charge in [0.15, 0.2) is 0 Å².